The van der Waals surface area contributed by atoms with Crippen molar-refractivity contribution in [2.24, 2.45) is 0 Å². The Hall–Kier alpha value is -4.23. The highest BCUT2D eigenvalue weighted by Crippen LogP contribution is 2.34. The summed E-state index contributed by atoms with van der Waals surface area (Å²) < 4.78 is 75.9. The van der Waals surface area contributed by atoms with Crippen LogP contribution in [0.15, 0.2) is 67.0 Å². The lowest BCUT2D eigenvalue weighted by atomic mass is 10.1. The van der Waals surface area contributed by atoms with Crippen LogP contribution in [0, 0.1) is 17.5 Å². The number of piperidine rings is 1. The molecule has 3 heterocycles. The molecular weight excluding hydrogens is 545 g/mol. The molecule has 0 spiro atoms. The summed E-state index contributed by atoms with van der Waals surface area (Å²) in [7, 11) is -4.17. The van der Waals surface area contributed by atoms with Gasteiger partial charge in [0.2, 0.25) is 27.7 Å². The first-order valence-corrected chi connectivity index (χ1v) is 14.1. The fourth-order valence-electron chi connectivity index (χ4n) is 4.25. The lowest BCUT2D eigenvalue weighted by Crippen LogP contribution is -2.38. The lowest BCUT2D eigenvalue weighted by Gasteiger charge is -2.23. The van der Waals surface area contributed by atoms with Gasteiger partial charge in [0, 0.05) is 25.0 Å². The molecule has 40 heavy (non-hydrogen) atoms. The number of sulfonamides is 1. The number of rotatable bonds is 9. The number of ether oxygens (including phenoxy) is 1. The molecule has 0 unspecified atom stereocenters. The van der Waals surface area contributed by atoms with E-state index in [0.29, 0.717) is 17.2 Å². The Kier molecular flexibility index (Phi) is 8.12. The molecule has 4 aromatic rings. The molecule has 3 N–H and O–H groups in total. The third kappa shape index (κ3) is 6.66. The molecule has 1 atom stereocenters. The summed E-state index contributed by atoms with van der Waals surface area (Å²) in [5.41, 5.74) is 0.391. The van der Waals surface area contributed by atoms with Crippen molar-refractivity contribution in [2.45, 2.75) is 24.6 Å². The summed E-state index contributed by atoms with van der Waals surface area (Å²) in [5, 5.41) is 6.60. The number of hydrogen-bond donors (Lipinski definition) is 3. The van der Waals surface area contributed by atoms with E-state index >= 15 is 4.39 Å². The Morgan fingerprint density at radius 3 is 2.67 bits per heavy atom. The zero-order valence-corrected chi connectivity index (χ0v) is 21.9. The predicted molar refractivity (Wildman–Crippen MR) is 144 cm³/mol. The van der Waals surface area contributed by atoms with Gasteiger partial charge in [0.15, 0.2) is 11.6 Å². The van der Waals surface area contributed by atoms with E-state index in [2.05, 4.69) is 25.6 Å². The van der Waals surface area contributed by atoms with Crippen LogP contribution in [-0.2, 0) is 15.8 Å². The fraction of sp³-hybridized carbons (Fsp3) is 0.222. The van der Waals surface area contributed by atoms with E-state index in [1.54, 1.807) is 24.4 Å². The Bertz CT molecular complexity index is 1620. The summed E-state index contributed by atoms with van der Waals surface area (Å²) in [4.78, 5) is 13.0. The zero-order valence-electron chi connectivity index (χ0n) is 21.1. The number of anilines is 2. The molecule has 13 heteroatoms. The normalized spacial score (nSPS) is 15.4. The van der Waals surface area contributed by atoms with Gasteiger partial charge in [-0.15, -0.1) is 0 Å². The van der Waals surface area contributed by atoms with Gasteiger partial charge in [-0.1, -0.05) is 12.1 Å². The Morgan fingerprint density at radius 1 is 1.00 bits per heavy atom. The second kappa shape index (κ2) is 11.9. The van der Waals surface area contributed by atoms with Crippen LogP contribution in [-0.4, -0.2) is 42.5 Å². The van der Waals surface area contributed by atoms with Crippen molar-refractivity contribution in [3.8, 4) is 22.9 Å². The SMILES string of the molecule is O=S(=O)(Cc1cccc(F)c1)Nc1ccc(Oc2ncccc2-c2ccnc(N[C@H]3CCCNC3)n2)c(F)c1F. The molecule has 208 valence electrons. The summed E-state index contributed by atoms with van der Waals surface area (Å²) >= 11 is 0. The van der Waals surface area contributed by atoms with Gasteiger partial charge < -0.3 is 15.4 Å². The van der Waals surface area contributed by atoms with Crippen LogP contribution in [0.2, 0.25) is 0 Å². The summed E-state index contributed by atoms with van der Waals surface area (Å²) in [6.07, 6.45) is 5.01. The topological polar surface area (TPSA) is 118 Å². The molecule has 0 aliphatic carbocycles. The van der Waals surface area contributed by atoms with Gasteiger partial charge in [0.1, 0.15) is 5.82 Å². The highest BCUT2D eigenvalue weighted by atomic mass is 32.2. The number of hydrogen-bond acceptors (Lipinski definition) is 8. The zero-order chi connectivity index (χ0) is 28.1. The average molecular weight is 571 g/mol. The molecule has 5 rings (SSSR count). The maximum Gasteiger partial charge on any atom is 0.237 e. The quantitative estimate of drug-likeness (QED) is 0.261. The largest absolute Gasteiger partial charge is 0.435 e. The second-order valence-electron chi connectivity index (χ2n) is 9.14. The fourth-order valence-corrected chi connectivity index (χ4v) is 5.43. The van der Waals surface area contributed by atoms with Crippen molar-refractivity contribution in [2.75, 3.05) is 23.1 Å². The monoisotopic (exact) mass is 570 g/mol. The van der Waals surface area contributed by atoms with Gasteiger partial charge in [0.05, 0.1) is 22.7 Å². The van der Waals surface area contributed by atoms with Crippen molar-refractivity contribution in [1.82, 2.24) is 20.3 Å². The summed E-state index contributed by atoms with van der Waals surface area (Å²) in [6.45, 7) is 1.75. The van der Waals surface area contributed by atoms with E-state index in [1.807, 2.05) is 4.72 Å². The number of nitrogens with zero attached hydrogens (tertiary/aromatic N) is 3. The van der Waals surface area contributed by atoms with Crippen molar-refractivity contribution < 1.29 is 26.3 Å². The van der Waals surface area contributed by atoms with E-state index in [-0.39, 0.29) is 17.5 Å². The Labute approximate surface area is 228 Å². The van der Waals surface area contributed by atoms with Crippen LogP contribution in [0.1, 0.15) is 18.4 Å². The van der Waals surface area contributed by atoms with Crippen LogP contribution in [0.3, 0.4) is 0 Å². The molecule has 0 saturated carbocycles. The Morgan fingerprint density at radius 2 is 1.88 bits per heavy atom. The molecule has 9 nitrogen and oxygen atoms in total. The first-order valence-electron chi connectivity index (χ1n) is 12.4. The van der Waals surface area contributed by atoms with E-state index < -0.39 is 44.7 Å². The first-order chi connectivity index (χ1) is 19.3. The minimum Gasteiger partial charge on any atom is -0.435 e. The Balaban J connectivity index is 1.34. The molecule has 1 aliphatic heterocycles. The molecule has 2 aromatic carbocycles. The standard InChI is InChI=1S/C27H25F3N6O3S/c28-18-5-1-4-17(14-18)16-40(37,38)36-22-8-9-23(25(30)24(22)29)39-26-20(7-3-12-32-26)21-10-13-33-27(35-21)34-19-6-2-11-31-15-19/h1,3-5,7-10,12-14,19,31,36H,2,6,11,15-16H2,(H,33,34,35)/t19-/m0/s1. The van der Waals surface area contributed by atoms with Gasteiger partial charge >= 0.3 is 0 Å². The maximum atomic E-state index is 15.0. The van der Waals surface area contributed by atoms with Crippen LogP contribution in [0.5, 0.6) is 11.6 Å². The first kappa shape index (κ1) is 27.3. The van der Waals surface area contributed by atoms with E-state index in [1.165, 1.54) is 24.4 Å². The molecule has 1 aliphatic rings. The number of halogens is 3. The van der Waals surface area contributed by atoms with Gasteiger partial charge in [-0.05, 0) is 67.4 Å². The van der Waals surface area contributed by atoms with E-state index in [0.717, 1.165) is 44.1 Å². The number of benzene rings is 2. The van der Waals surface area contributed by atoms with Gasteiger partial charge in [-0.3, -0.25) is 4.72 Å². The minimum absolute atomic E-state index is 0.0378. The average Bonchev–Trinajstić information content (AvgIpc) is 2.93. The number of pyridine rings is 1. The van der Waals surface area contributed by atoms with Gasteiger partial charge in [0.25, 0.3) is 0 Å². The highest BCUT2D eigenvalue weighted by molar-refractivity contribution is 7.91. The smallest absolute Gasteiger partial charge is 0.237 e. The molecule has 1 fully saturated rings. The molecule has 2 aromatic heterocycles. The van der Waals surface area contributed by atoms with E-state index in [9.17, 15) is 17.2 Å². The number of nitrogens with one attached hydrogen (secondary N) is 3. The van der Waals surface area contributed by atoms with Gasteiger partial charge in [-0.25, -0.2) is 32.2 Å². The van der Waals surface area contributed by atoms with E-state index in [4.69, 9.17) is 4.74 Å². The third-order valence-corrected chi connectivity index (χ3v) is 7.34. The molecule has 1 saturated heterocycles. The van der Waals surface area contributed by atoms with Crippen LogP contribution < -0.4 is 20.1 Å². The highest BCUT2D eigenvalue weighted by Gasteiger charge is 2.22. The molecule has 0 radical (unpaired) electrons. The van der Waals surface area contributed by atoms with Gasteiger partial charge in [-0.2, -0.15) is 4.39 Å². The van der Waals surface area contributed by atoms with Crippen molar-refractivity contribution in [1.29, 1.82) is 0 Å². The molecule has 0 bridgehead atoms. The minimum atomic E-state index is -4.17. The van der Waals surface area contributed by atoms with Crippen molar-refractivity contribution >= 4 is 21.7 Å². The third-order valence-electron chi connectivity index (χ3n) is 6.10. The maximum absolute atomic E-state index is 15.0. The molecular formula is C27H25F3N6O3S. The summed E-state index contributed by atoms with van der Waals surface area (Å²) in [5.74, 6) is -4.27. The summed E-state index contributed by atoms with van der Waals surface area (Å²) in [6, 6.07) is 12.2. The second-order valence-corrected chi connectivity index (χ2v) is 10.9. The predicted octanol–water partition coefficient (Wildman–Crippen LogP) is 4.85. The number of aromatic nitrogens is 3. The van der Waals surface area contributed by atoms with Crippen LogP contribution in [0.25, 0.3) is 11.3 Å². The van der Waals surface area contributed by atoms with Crippen LogP contribution in [0.4, 0.5) is 24.8 Å². The lowest BCUT2D eigenvalue weighted by molar-refractivity contribution is 0.407. The van der Waals surface area contributed by atoms with Crippen molar-refractivity contribution in [3.05, 3.63) is 90.0 Å². The molecule has 0 amide bonds. The van der Waals surface area contributed by atoms with Crippen LogP contribution >= 0.6 is 0 Å². The van der Waals surface area contributed by atoms with Crippen molar-refractivity contribution in [3.63, 3.8) is 0 Å².